The van der Waals surface area contributed by atoms with Gasteiger partial charge in [0.2, 0.25) is 0 Å². The number of aromatic carboxylic acids is 1. The molecule has 3 N–H and O–H groups in total. The van der Waals surface area contributed by atoms with Gasteiger partial charge in [-0.1, -0.05) is 6.07 Å². The van der Waals surface area contributed by atoms with Gasteiger partial charge in [0.1, 0.15) is 23.1 Å². The Bertz CT molecular complexity index is 2080. The molecule has 5 heterocycles. The lowest BCUT2D eigenvalue weighted by Gasteiger charge is -2.28. The van der Waals surface area contributed by atoms with Crippen LogP contribution >= 0.6 is 0 Å². The van der Waals surface area contributed by atoms with Gasteiger partial charge in [-0.25, -0.2) is 14.2 Å². The molecule has 0 radical (unpaired) electrons. The SMILES string of the molecule is CNc1cc(F)c(C#N)c2c1[nH]c1ncc(-c3ccc4ccc(C(=O)O)c(=O)n4c3)c(N3C[C@H]4CC[C@@H](N(C)C)[C@H]4C3)c12. The van der Waals surface area contributed by atoms with Crippen LogP contribution < -0.4 is 15.8 Å². The van der Waals surface area contributed by atoms with Gasteiger partial charge in [-0.05, 0) is 57.0 Å². The van der Waals surface area contributed by atoms with Gasteiger partial charge in [0.15, 0.2) is 0 Å². The van der Waals surface area contributed by atoms with Crippen molar-refractivity contribution in [1.29, 1.82) is 5.26 Å². The Labute approximate surface area is 246 Å². The molecule has 43 heavy (non-hydrogen) atoms. The van der Waals surface area contributed by atoms with E-state index in [9.17, 15) is 20.0 Å². The monoisotopic (exact) mass is 579 g/mol. The van der Waals surface area contributed by atoms with Crippen LogP contribution in [0.2, 0.25) is 0 Å². The first-order valence-electron chi connectivity index (χ1n) is 14.3. The third-order valence-corrected chi connectivity index (χ3v) is 9.40. The zero-order valence-electron chi connectivity index (χ0n) is 24.0. The van der Waals surface area contributed by atoms with Crippen LogP contribution in [0.5, 0.6) is 0 Å². The largest absolute Gasteiger partial charge is 0.477 e. The summed E-state index contributed by atoms with van der Waals surface area (Å²) in [6.07, 6.45) is 5.61. The van der Waals surface area contributed by atoms with E-state index in [4.69, 9.17) is 4.98 Å². The van der Waals surface area contributed by atoms with E-state index in [-0.39, 0.29) is 11.1 Å². The molecule has 2 aliphatic rings. The van der Waals surface area contributed by atoms with Crippen LogP contribution in [0, 0.1) is 29.0 Å². The first kappa shape index (κ1) is 26.9. The van der Waals surface area contributed by atoms with Crippen LogP contribution in [-0.2, 0) is 0 Å². The van der Waals surface area contributed by atoms with Crippen molar-refractivity contribution < 1.29 is 14.3 Å². The quantitative estimate of drug-likeness (QED) is 0.277. The number of halogens is 1. The third-order valence-electron chi connectivity index (χ3n) is 9.40. The molecular weight excluding hydrogens is 549 g/mol. The number of carboxylic acid groups (broad SMARTS) is 1. The van der Waals surface area contributed by atoms with Crippen LogP contribution in [0.3, 0.4) is 0 Å². The Morgan fingerprint density at radius 2 is 2.00 bits per heavy atom. The minimum atomic E-state index is -1.29. The summed E-state index contributed by atoms with van der Waals surface area (Å²) in [5.74, 6) is -1.00. The average molecular weight is 580 g/mol. The van der Waals surface area contributed by atoms with E-state index in [1.165, 1.54) is 16.5 Å². The second kappa shape index (κ2) is 9.81. The molecule has 5 aromatic rings. The molecule has 0 amide bonds. The van der Waals surface area contributed by atoms with Gasteiger partial charge >= 0.3 is 5.97 Å². The van der Waals surface area contributed by atoms with Crippen LogP contribution in [-0.4, -0.2) is 70.6 Å². The summed E-state index contributed by atoms with van der Waals surface area (Å²) in [6, 6.07) is 10.4. The average Bonchev–Trinajstić information content (AvgIpc) is 3.69. The number of benzene rings is 1. The van der Waals surface area contributed by atoms with Gasteiger partial charge in [0, 0.05) is 66.7 Å². The molecule has 1 aliphatic carbocycles. The molecule has 4 aromatic heterocycles. The fraction of sp³-hybridized carbons (Fsp3) is 0.312. The highest BCUT2D eigenvalue weighted by Crippen LogP contribution is 2.48. The fourth-order valence-corrected chi connectivity index (χ4v) is 7.40. The number of nitriles is 1. The predicted octanol–water partition coefficient (Wildman–Crippen LogP) is 4.52. The number of H-pyrrole nitrogens is 1. The summed E-state index contributed by atoms with van der Waals surface area (Å²) >= 11 is 0. The van der Waals surface area contributed by atoms with Crippen molar-refractivity contribution in [3.8, 4) is 17.2 Å². The molecule has 2 fully saturated rings. The summed E-state index contributed by atoms with van der Waals surface area (Å²) in [5, 5.41) is 23.8. The number of nitrogens with one attached hydrogen (secondary N) is 2. The van der Waals surface area contributed by atoms with Crippen LogP contribution in [0.1, 0.15) is 28.8 Å². The number of hydrogen-bond acceptors (Lipinski definition) is 7. The first-order chi connectivity index (χ1) is 20.7. The van der Waals surface area contributed by atoms with Gasteiger partial charge in [0.25, 0.3) is 5.56 Å². The van der Waals surface area contributed by atoms with Gasteiger partial charge in [-0.2, -0.15) is 5.26 Å². The smallest absolute Gasteiger partial charge is 0.341 e. The Balaban J connectivity index is 1.54. The number of aromatic nitrogens is 3. The van der Waals surface area contributed by atoms with E-state index >= 15 is 4.39 Å². The van der Waals surface area contributed by atoms with Crippen molar-refractivity contribution in [3.05, 3.63) is 70.0 Å². The lowest BCUT2D eigenvalue weighted by molar-refractivity contribution is 0.0694. The highest BCUT2D eigenvalue weighted by Gasteiger charge is 2.44. The van der Waals surface area contributed by atoms with Crippen LogP contribution in [0.25, 0.3) is 38.6 Å². The molecule has 3 atom stereocenters. The van der Waals surface area contributed by atoms with Gasteiger partial charge in [-0.15, -0.1) is 0 Å². The molecule has 1 saturated carbocycles. The number of pyridine rings is 3. The zero-order valence-corrected chi connectivity index (χ0v) is 24.0. The molecule has 1 aliphatic heterocycles. The maximum Gasteiger partial charge on any atom is 0.341 e. The van der Waals surface area contributed by atoms with Crippen LogP contribution in [0.4, 0.5) is 15.8 Å². The summed E-state index contributed by atoms with van der Waals surface area (Å²) in [4.78, 5) is 37.5. The lowest BCUT2D eigenvalue weighted by atomic mass is 9.97. The van der Waals surface area contributed by atoms with Crippen molar-refractivity contribution in [2.45, 2.75) is 18.9 Å². The molecular formula is C32H30FN7O3. The van der Waals surface area contributed by atoms with Gasteiger partial charge < -0.3 is 25.2 Å². The topological polar surface area (TPSA) is 130 Å². The zero-order chi connectivity index (χ0) is 30.2. The second-order valence-electron chi connectivity index (χ2n) is 11.8. The number of nitrogens with zero attached hydrogens (tertiary/aromatic N) is 5. The number of hydrogen-bond donors (Lipinski definition) is 3. The number of carbonyl (C=O) groups is 1. The highest BCUT2D eigenvalue weighted by atomic mass is 19.1. The standard InChI is InChI=1S/C32H30FN7O3/c1-35-24-10-23(33)20(11-34)26-27-29(39-13-16-5-9-25(38(2)3)22(16)15-39)21(12-36-30(27)37-28(24)26)17-4-6-18-7-8-19(32(42)43)31(41)40(18)14-17/h4,6-8,10,12,14,16,22,25,35H,5,9,13,15H2,1-3H3,(H,36,37)(H,42,43)/t16-,22+,25-/m1/s1. The van der Waals surface area contributed by atoms with E-state index < -0.39 is 17.3 Å². The Morgan fingerprint density at radius 3 is 2.72 bits per heavy atom. The molecule has 218 valence electrons. The fourth-order valence-electron chi connectivity index (χ4n) is 7.40. The Kier molecular flexibility index (Phi) is 6.14. The number of fused-ring (bicyclic) bond motifs is 5. The molecule has 10 nitrogen and oxygen atoms in total. The summed E-state index contributed by atoms with van der Waals surface area (Å²) < 4.78 is 16.7. The summed E-state index contributed by atoms with van der Waals surface area (Å²) in [7, 11) is 5.93. The highest BCUT2D eigenvalue weighted by molar-refractivity contribution is 6.19. The van der Waals surface area contributed by atoms with Crippen molar-refractivity contribution >= 4 is 44.8 Å². The molecule has 7 rings (SSSR count). The minimum Gasteiger partial charge on any atom is -0.477 e. The van der Waals surface area contributed by atoms with Crippen molar-refractivity contribution in [3.63, 3.8) is 0 Å². The normalized spacial score (nSPS) is 19.9. The summed E-state index contributed by atoms with van der Waals surface area (Å²) in [6.45, 7) is 1.57. The van der Waals surface area contributed by atoms with E-state index in [0.29, 0.717) is 62.1 Å². The van der Waals surface area contributed by atoms with E-state index in [1.807, 2.05) is 6.07 Å². The number of anilines is 2. The molecule has 1 aromatic carbocycles. The molecule has 0 unspecified atom stereocenters. The maximum atomic E-state index is 15.4. The first-order valence-corrected chi connectivity index (χ1v) is 14.3. The molecule has 1 saturated heterocycles. The van der Waals surface area contributed by atoms with Crippen LogP contribution in [0.15, 0.2) is 47.5 Å². The van der Waals surface area contributed by atoms with E-state index in [0.717, 1.165) is 31.6 Å². The molecule has 0 spiro atoms. The van der Waals surface area contributed by atoms with E-state index in [2.05, 4.69) is 40.3 Å². The Morgan fingerprint density at radius 1 is 1.21 bits per heavy atom. The number of rotatable bonds is 5. The summed E-state index contributed by atoms with van der Waals surface area (Å²) in [5.41, 5.74) is 3.35. The van der Waals surface area contributed by atoms with Crippen molar-refractivity contribution in [2.24, 2.45) is 11.8 Å². The predicted molar refractivity (Wildman–Crippen MR) is 163 cm³/mol. The molecule has 11 heteroatoms. The maximum absolute atomic E-state index is 15.4. The van der Waals surface area contributed by atoms with Crippen molar-refractivity contribution in [1.82, 2.24) is 19.3 Å². The third kappa shape index (κ3) is 3.97. The van der Waals surface area contributed by atoms with Gasteiger partial charge in [0.05, 0.1) is 27.8 Å². The number of aromatic amines is 1. The Hall–Kier alpha value is -4.95. The minimum absolute atomic E-state index is 0.0631. The molecule has 0 bridgehead atoms. The second-order valence-corrected chi connectivity index (χ2v) is 11.8. The van der Waals surface area contributed by atoms with Gasteiger partial charge in [-0.3, -0.25) is 9.20 Å². The van der Waals surface area contributed by atoms with E-state index in [1.54, 1.807) is 31.6 Å². The van der Waals surface area contributed by atoms with Crippen molar-refractivity contribution in [2.75, 3.05) is 44.4 Å². The number of carboxylic acids is 1. The lowest BCUT2D eigenvalue weighted by Crippen LogP contribution is -2.35.